The Kier molecular flexibility index (Phi) is 5.49. The minimum Gasteiger partial charge on any atom is -0.483 e. The minimum atomic E-state index is -0.339. The second-order valence-electron chi connectivity index (χ2n) is 4.90. The van der Waals surface area contributed by atoms with Gasteiger partial charge in [-0.05, 0) is 12.1 Å². The van der Waals surface area contributed by atoms with Gasteiger partial charge in [0.1, 0.15) is 11.6 Å². The fourth-order valence-electron chi connectivity index (χ4n) is 2.00. The van der Waals surface area contributed by atoms with Crippen LogP contribution in [0, 0.1) is 5.82 Å². The molecular weight excluding hydrogens is 285 g/mol. The first-order valence-electron chi connectivity index (χ1n) is 6.90. The van der Waals surface area contributed by atoms with E-state index in [1.165, 1.54) is 11.0 Å². The molecule has 0 aromatic heterocycles. The maximum atomic E-state index is 13.6. The van der Waals surface area contributed by atoms with Gasteiger partial charge in [-0.2, -0.15) is 0 Å². The number of ether oxygens (including phenoxy) is 1. The van der Waals surface area contributed by atoms with Crippen LogP contribution in [-0.4, -0.2) is 29.6 Å². The van der Waals surface area contributed by atoms with Gasteiger partial charge in [0.2, 0.25) is 0 Å². The smallest absolute Gasteiger partial charge is 0.260 e. The van der Waals surface area contributed by atoms with Crippen LogP contribution in [0.4, 0.5) is 4.39 Å². The molecule has 22 heavy (non-hydrogen) atoms. The predicted octanol–water partition coefficient (Wildman–Crippen LogP) is 2.36. The first kappa shape index (κ1) is 16.0. The third-order valence-corrected chi connectivity index (χ3v) is 3.29. The second-order valence-corrected chi connectivity index (χ2v) is 4.90. The fourth-order valence-corrected chi connectivity index (χ4v) is 2.00. The summed E-state index contributed by atoms with van der Waals surface area (Å²) in [6.45, 7) is -0.145. The average molecular weight is 303 g/mol. The van der Waals surface area contributed by atoms with Gasteiger partial charge in [0.15, 0.2) is 6.61 Å². The lowest BCUT2D eigenvalue weighted by atomic mass is 10.2. The summed E-state index contributed by atoms with van der Waals surface area (Å²) in [5.41, 5.74) is 1.07. The SMILES string of the molecule is CN(Cc1ccccc1F)C(=O)COc1ccccc1CO. The number of aliphatic hydroxyl groups is 1. The Morgan fingerprint density at radius 3 is 2.45 bits per heavy atom. The Hall–Kier alpha value is -2.40. The predicted molar refractivity (Wildman–Crippen MR) is 80.7 cm³/mol. The van der Waals surface area contributed by atoms with Gasteiger partial charge in [-0.15, -0.1) is 0 Å². The lowest BCUT2D eigenvalue weighted by molar-refractivity contribution is -0.132. The molecule has 0 atom stereocenters. The Morgan fingerprint density at radius 2 is 1.77 bits per heavy atom. The van der Waals surface area contributed by atoms with Crippen molar-refractivity contribution in [2.45, 2.75) is 13.2 Å². The molecule has 2 aromatic carbocycles. The highest BCUT2D eigenvalue weighted by Gasteiger charge is 2.13. The van der Waals surface area contributed by atoms with Crippen LogP contribution < -0.4 is 4.74 Å². The number of benzene rings is 2. The molecule has 2 rings (SSSR count). The largest absolute Gasteiger partial charge is 0.483 e. The quantitative estimate of drug-likeness (QED) is 0.891. The molecule has 1 N–H and O–H groups in total. The summed E-state index contributed by atoms with van der Waals surface area (Å²) in [5.74, 6) is -0.137. The summed E-state index contributed by atoms with van der Waals surface area (Å²) in [6, 6.07) is 13.3. The van der Waals surface area contributed by atoms with Gasteiger partial charge in [0.25, 0.3) is 5.91 Å². The second kappa shape index (κ2) is 7.56. The summed E-state index contributed by atoms with van der Waals surface area (Å²) in [4.78, 5) is 13.5. The minimum absolute atomic E-state index is 0.157. The Labute approximate surface area is 128 Å². The zero-order chi connectivity index (χ0) is 15.9. The van der Waals surface area contributed by atoms with E-state index in [-0.39, 0.29) is 31.5 Å². The van der Waals surface area contributed by atoms with E-state index in [0.717, 1.165) is 0 Å². The zero-order valence-electron chi connectivity index (χ0n) is 12.3. The molecule has 0 saturated heterocycles. The first-order chi connectivity index (χ1) is 10.6. The van der Waals surface area contributed by atoms with Gasteiger partial charge in [0.05, 0.1) is 6.61 Å². The van der Waals surface area contributed by atoms with Crippen LogP contribution >= 0.6 is 0 Å². The molecule has 0 unspecified atom stereocenters. The van der Waals surface area contributed by atoms with Crippen LogP contribution in [0.25, 0.3) is 0 Å². The number of rotatable bonds is 6. The zero-order valence-corrected chi connectivity index (χ0v) is 12.3. The fraction of sp³-hybridized carbons (Fsp3) is 0.235. The molecule has 0 bridgehead atoms. The maximum Gasteiger partial charge on any atom is 0.260 e. The molecule has 116 valence electrons. The topological polar surface area (TPSA) is 49.8 Å². The van der Waals surface area contributed by atoms with Crippen molar-refractivity contribution in [3.63, 3.8) is 0 Å². The molecular formula is C17H18FNO3. The molecule has 0 aliphatic heterocycles. The molecule has 0 spiro atoms. The van der Waals surface area contributed by atoms with Crippen molar-refractivity contribution in [3.8, 4) is 5.75 Å². The van der Waals surface area contributed by atoms with Crippen LogP contribution in [0.15, 0.2) is 48.5 Å². The molecule has 0 fully saturated rings. The molecule has 5 heteroatoms. The molecule has 0 heterocycles. The molecule has 4 nitrogen and oxygen atoms in total. The number of aliphatic hydroxyl groups excluding tert-OH is 1. The van der Waals surface area contributed by atoms with Crippen LogP contribution in [0.1, 0.15) is 11.1 Å². The number of para-hydroxylation sites is 1. The van der Waals surface area contributed by atoms with Crippen molar-refractivity contribution >= 4 is 5.91 Å². The van der Waals surface area contributed by atoms with Gasteiger partial charge < -0.3 is 14.7 Å². The van der Waals surface area contributed by atoms with E-state index < -0.39 is 0 Å². The van der Waals surface area contributed by atoms with Crippen LogP contribution in [0.5, 0.6) is 5.75 Å². The number of hydrogen-bond donors (Lipinski definition) is 1. The normalized spacial score (nSPS) is 10.3. The van der Waals surface area contributed by atoms with Crippen molar-refractivity contribution in [1.82, 2.24) is 4.90 Å². The molecule has 0 saturated carbocycles. The van der Waals surface area contributed by atoms with E-state index in [1.807, 2.05) is 0 Å². The summed E-state index contributed by atoms with van der Waals surface area (Å²) in [5, 5.41) is 9.20. The van der Waals surface area contributed by atoms with E-state index >= 15 is 0 Å². The highest BCUT2D eigenvalue weighted by molar-refractivity contribution is 5.77. The van der Waals surface area contributed by atoms with E-state index in [1.54, 1.807) is 49.5 Å². The van der Waals surface area contributed by atoms with E-state index in [2.05, 4.69) is 0 Å². The average Bonchev–Trinajstić information content (AvgIpc) is 2.54. The number of likely N-dealkylation sites (N-methyl/N-ethyl adjacent to an activating group) is 1. The van der Waals surface area contributed by atoms with Crippen molar-refractivity contribution in [2.75, 3.05) is 13.7 Å². The van der Waals surface area contributed by atoms with Crippen molar-refractivity contribution in [1.29, 1.82) is 0 Å². The van der Waals surface area contributed by atoms with E-state index in [0.29, 0.717) is 16.9 Å². The van der Waals surface area contributed by atoms with Gasteiger partial charge in [-0.3, -0.25) is 4.79 Å². The van der Waals surface area contributed by atoms with E-state index in [4.69, 9.17) is 4.74 Å². The molecule has 0 radical (unpaired) electrons. The summed E-state index contributed by atoms with van der Waals surface area (Å²) < 4.78 is 19.0. The summed E-state index contributed by atoms with van der Waals surface area (Å²) >= 11 is 0. The Balaban J connectivity index is 1.93. The lowest BCUT2D eigenvalue weighted by Crippen LogP contribution is -2.31. The van der Waals surface area contributed by atoms with Gasteiger partial charge >= 0.3 is 0 Å². The first-order valence-corrected chi connectivity index (χ1v) is 6.90. The van der Waals surface area contributed by atoms with Gasteiger partial charge in [-0.1, -0.05) is 36.4 Å². The highest BCUT2D eigenvalue weighted by atomic mass is 19.1. The van der Waals surface area contributed by atoms with Crippen molar-refractivity contribution < 1.29 is 19.0 Å². The Bertz CT molecular complexity index is 645. The van der Waals surface area contributed by atoms with Gasteiger partial charge in [0, 0.05) is 24.7 Å². The number of hydrogen-bond acceptors (Lipinski definition) is 3. The van der Waals surface area contributed by atoms with Crippen LogP contribution in [0.3, 0.4) is 0 Å². The van der Waals surface area contributed by atoms with Crippen LogP contribution in [0.2, 0.25) is 0 Å². The maximum absolute atomic E-state index is 13.6. The molecule has 1 amide bonds. The standard InChI is InChI=1S/C17H18FNO3/c1-19(10-13-6-2-4-8-15(13)18)17(21)12-22-16-9-5-3-7-14(16)11-20/h2-9,20H,10-12H2,1H3. The number of carbonyl (C=O) groups is 1. The molecule has 0 aliphatic carbocycles. The number of amides is 1. The third-order valence-electron chi connectivity index (χ3n) is 3.29. The number of carbonyl (C=O) groups excluding carboxylic acids is 1. The van der Waals surface area contributed by atoms with Gasteiger partial charge in [-0.25, -0.2) is 4.39 Å². The van der Waals surface area contributed by atoms with E-state index in [9.17, 15) is 14.3 Å². The monoisotopic (exact) mass is 303 g/mol. The third kappa shape index (κ3) is 4.05. The molecule has 0 aliphatic rings. The Morgan fingerprint density at radius 1 is 1.14 bits per heavy atom. The highest BCUT2D eigenvalue weighted by Crippen LogP contribution is 2.17. The lowest BCUT2D eigenvalue weighted by Gasteiger charge is -2.18. The molecule has 2 aromatic rings. The van der Waals surface area contributed by atoms with Crippen molar-refractivity contribution in [3.05, 3.63) is 65.5 Å². The number of nitrogens with zero attached hydrogens (tertiary/aromatic N) is 1. The van der Waals surface area contributed by atoms with Crippen LogP contribution in [-0.2, 0) is 17.9 Å². The number of halogens is 1. The van der Waals surface area contributed by atoms with Crippen molar-refractivity contribution in [2.24, 2.45) is 0 Å². The summed E-state index contributed by atoms with van der Waals surface area (Å²) in [7, 11) is 1.59. The summed E-state index contributed by atoms with van der Waals surface area (Å²) in [6.07, 6.45) is 0.